The Hall–Kier alpha value is -0.600. The predicted octanol–water partition coefficient (Wildman–Crippen LogP) is 2.77. The summed E-state index contributed by atoms with van der Waals surface area (Å²) in [6.45, 7) is 6.90. The van der Waals surface area contributed by atoms with E-state index in [-0.39, 0.29) is 30.8 Å². The molecular weight excluding hydrogens is 464 g/mol. The number of ether oxygens (including phenoxy) is 6. The SMILES string of the molecule is CC1(C)CC(N)CC(C)(CN)C1.FCOC(F)(F)COCCOCC1CO1.FCOCC1CO1. The van der Waals surface area contributed by atoms with E-state index >= 15 is 0 Å². The van der Waals surface area contributed by atoms with Gasteiger partial charge in [0.2, 0.25) is 0 Å². The van der Waals surface area contributed by atoms with Crippen LogP contribution in [-0.2, 0) is 28.4 Å². The van der Waals surface area contributed by atoms with Crippen LogP contribution in [0.15, 0.2) is 0 Å². The molecule has 2 heterocycles. The van der Waals surface area contributed by atoms with E-state index in [1.165, 1.54) is 6.42 Å². The highest BCUT2D eigenvalue weighted by Crippen LogP contribution is 2.44. The van der Waals surface area contributed by atoms with E-state index in [1.807, 2.05) is 0 Å². The number of nitrogens with two attached hydrogens (primary N) is 2. The van der Waals surface area contributed by atoms with Crippen molar-refractivity contribution in [2.45, 2.75) is 64.4 Å². The van der Waals surface area contributed by atoms with Crippen LogP contribution in [-0.4, -0.2) is 90.9 Å². The summed E-state index contributed by atoms with van der Waals surface area (Å²) in [5.74, 6) is 0. The molecule has 3 rings (SSSR count). The van der Waals surface area contributed by atoms with Crippen molar-refractivity contribution in [3.8, 4) is 0 Å². The summed E-state index contributed by atoms with van der Waals surface area (Å²) in [4.78, 5) is 0. The molecule has 3 fully saturated rings. The average Bonchev–Trinajstić information content (AvgIpc) is 3.63. The fraction of sp³-hybridized carbons (Fsp3) is 1.00. The first-order chi connectivity index (χ1) is 15.9. The van der Waals surface area contributed by atoms with Crippen LogP contribution in [0.1, 0.15) is 40.0 Å². The lowest BCUT2D eigenvalue weighted by atomic mass is 9.63. The summed E-state index contributed by atoms with van der Waals surface area (Å²) >= 11 is 0. The second kappa shape index (κ2) is 15.5. The first-order valence-corrected chi connectivity index (χ1v) is 11.5. The van der Waals surface area contributed by atoms with Crippen molar-refractivity contribution in [3.05, 3.63) is 0 Å². The summed E-state index contributed by atoms with van der Waals surface area (Å²) in [5, 5.41) is 0. The largest absolute Gasteiger partial charge is 0.381 e. The highest BCUT2D eigenvalue weighted by molar-refractivity contribution is 4.93. The molecule has 0 amide bonds. The number of hydrogen-bond acceptors (Lipinski definition) is 8. The highest BCUT2D eigenvalue weighted by atomic mass is 19.3. The van der Waals surface area contributed by atoms with Gasteiger partial charge in [-0.15, -0.1) is 0 Å². The van der Waals surface area contributed by atoms with Crippen molar-refractivity contribution in [1.82, 2.24) is 0 Å². The Labute approximate surface area is 199 Å². The highest BCUT2D eigenvalue weighted by Gasteiger charge is 2.39. The minimum absolute atomic E-state index is 0.0119. The molecule has 34 heavy (non-hydrogen) atoms. The Bertz CT molecular complexity index is 542. The molecule has 4 N–H and O–H groups in total. The topological polar surface area (TPSA) is 114 Å². The summed E-state index contributed by atoms with van der Waals surface area (Å²) in [6.07, 6.45) is 0.200. The van der Waals surface area contributed by atoms with Gasteiger partial charge in [0.15, 0.2) is 13.7 Å². The number of alkyl halides is 4. The number of rotatable bonds is 13. The zero-order chi connectivity index (χ0) is 25.7. The molecule has 8 nitrogen and oxygen atoms in total. The zero-order valence-corrected chi connectivity index (χ0v) is 20.5. The summed E-state index contributed by atoms with van der Waals surface area (Å²) in [7, 11) is 0. The van der Waals surface area contributed by atoms with E-state index in [1.54, 1.807) is 0 Å². The third-order valence-electron chi connectivity index (χ3n) is 5.37. The normalized spacial score (nSPS) is 29.4. The van der Waals surface area contributed by atoms with Crippen molar-refractivity contribution in [2.24, 2.45) is 22.3 Å². The second-order valence-corrected chi connectivity index (χ2v) is 9.93. The molecule has 0 spiro atoms. The van der Waals surface area contributed by atoms with Crippen LogP contribution < -0.4 is 11.5 Å². The maximum absolute atomic E-state index is 12.4. The van der Waals surface area contributed by atoms with Crippen LogP contribution in [0.2, 0.25) is 0 Å². The van der Waals surface area contributed by atoms with Crippen LogP contribution in [0, 0.1) is 10.8 Å². The standard InChI is InChI=1S/C10H22N2.C8H13F3O4.C4H7FO2/c1-9(2)4-8(12)5-10(3,6-9)7-11;9-6-15-8(10,11)5-13-2-1-12-3-7-4-14-7;5-3-6-1-4-2-7-4/h8H,4-7,11-12H2,1-3H3;7H,1-6H2;4H,1-3H2. The van der Waals surface area contributed by atoms with Gasteiger partial charge in [0.1, 0.15) is 18.8 Å². The fourth-order valence-corrected chi connectivity index (χ4v) is 4.02. The molecular formula is C22H42F4N2O6. The minimum atomic E-state index is -3.58. The lowest BCUT2D eigenvalue weighted by Crippen LogP contribution is -2.45. The molecule has 3 aliphatic rings. The van der Waals surface area contributed by atoms with Crippen LogP contribution in [0.5, 0.6) is 0 Å². The van der Waals surface area contributed by atoms with Crippen LogP contribution in [0.4, 0.5) is 17.6 Å². The van der Waals surface area contributed by atoms with Gasteiger partial charge in [0.05, 0.1) is 39.6 Å². The van der Waals surface area contributed by atoms with Gasteiger partial charge >= 0.3 is 6.11 Å². The summed E-state index contributed by atoms with van der Waals surface area (Å²) in [6, 6.07) is 0.349. The van der Waals surface area contributed by atoms with Gasteiger partial charge in [-0.2, -0.15) is 8.78 Å². The second-order valence-electron chi connectivity index (χ2n) is 9.93. The van der Waals surface area contributed by atoms with Crippen LogP contribution in [0.3, 0.4) is 0 Å². The zero-order valence-electron chi connectivity index (χ0n) is 20.5. The van der Waals surface area contributed by atoms with Crippen molar-refractivity contribution in [1.29, 1.82) is 0 Å². The van der Waals surface area contributed by atoms with Crippen molar-refractivity contribution in [3.63, 3.8) is 0 Å². The molecule has 0 aromatic heterocycles. The molecule has 12 heteroatoms. The van der Waals surface area contributed by atoms with Crippen molar-refractivity contribution >= 4 is 0 Å². The third kappa shape index (κ3) is 16.1. The molecule has 0 bridgehead atoms. The number of halogens is 4. The maximum Gasteiger partial charge on any atom is 0.381 e. The van der Waals surface area contributed by atoms with Crippen LogP contribution in [0.25, 0.3) is 0 Å². The predicted molar refractivity (Wildman–Crippen MR) is 118 cm³/mol. The molecule has 0 aromatic rings. The van der Waals surface area contributed by atoms with Crippen molar-refractivity contribution in [2.75, 3.05) is 66.5 Å². The third-order valence-corrected chi connectivity index (χ3v) is 5.37. The molecule has 2 saturated heterocycles. The van der Waals surface area contributed by atoms with Gasteiger partial charge in [0.25, 0.3) is 0 Å². The number of hydrogen-bond donors (Lipinski definition) is 2. The van der Waals surface area contributed by atoms with Gasteiger partial charge in [-0.1, -0.05) is 20.8 Å². The Kier molecular flexibility index (Phi) is 14.3. The molecule has 1 saturated carbocycles. The smallest absolute Gasteiger partial charge is 0.376 e. The summed E-state index contributed by atoms with van der Waals surface area (Å²) < 4.78 is 74.4. The van der Waals surface area contributed by atoms with E-state index < -0.39 is 26.4 Å². The Morgan fingerprint density at radius 3 is 1.94 bits per heavy atom. The quantitative estimate of drug-likeness (QED) is 0.223. The Balaban J connectivity index is 0.000000271. The molecule has 4 unspecified atom stereocenters. The molecule has 0 aromatic carbocycles. The fourth-order valence-electron chi connectivity index (χ4n) is 4.02. The van der Waals surface area contributed by atoms with E-state index in [0.29, 0.717) is 31.3 Å². The average molecular weight is 507 g/mol. The Morgan fingerprint density at radius 2 is 1.47 bits per heavy atom. The molecule has 1 aliphatic carbocycles. The first-order valence-electron chi connectivity index (χ1n) is 11.5. The molecule has 2 aliphatic heterocycles. The van der Waals surface area contributed by atoms with Gasteiger partial charge in [0, 0.05) is 6.04 Å². The van der Waals surface area contributed by atoms with E-state index in [2.05, 4.69) is 35.0 Å². The van der Waals surface area contributed by atoms with E-state index in [4.69, 9.17) is 25.7 Å². The van der Waals surface area contributed by atoms with E-state index in [0.717, 1.165) is 26.0 Å². The van der Waals surface area contributed by atoms with Crippen molar-refractivity contribution < 1.29 is 46.0 Å². The minimum Gasteiger partial charge on any atom is -0.376 e. The summed E-state index contributed by atoms with van der Waals surface area (Å²) in [5.41, 5.74) is 12.4. The molecule has 0 radical (unpaired) electrons. The Morgan fingerprint density at radius 1 is 0.912 bits per heavy atom. The van der Waals surface area contributed by atoms with Crippen LogP contribution >= 0.6 is 0 Å². The monoisotopic (exact) mass is 506 g/mol. The number of epoxide rings is 2. The molecule has 4 atom stereocenters. The maximum atomic E-state index is 12.4. The van der Waals surface area contributed by atoms with Gasteiger partial charge in [-0.25, -0.2) is 8.78 Å². The first kappa shape index (κ1) is 31.4. The lowest BCUT2D eigenvalue weighted by Gasteiger charge is -2.45. The van der Waals surface area contributed by atoms with Gasteiger partial charge in [-0.3, -0.25) is 4.74 Å². The van der Waals surface area contributed by atoms with E-state index in [9.17, 15) is 17.6 Å². The van der Waals surface area contributed by atoms with Gasteiger partial charge < -0.3 is 35.2 Å². The molecule has 204 valence electrons. The van der Waals surface area contributed by atoms with Gasteiger partial charge in [-0.05, 0) is 36.6 Å². The lowest BCUT2D eigenvalue weighted by molar-refractivity contribution is -0.279.